The largest absolute Gasteiger partial charge is 0.385 e. The highest BCUT2D eigenvalue weighted by molar-refractivity contribution is 4.88. The summed E-state index contributed by atoms with van der Waals surface area (Å²) in [5.41, 5.74) is 0.439. The van der Waals surface area contributed by atoms with E-state index in [4.69, 9.17) is 9.47 Å². The Morgan fingerprint density at radius 3 is 2.48 bits per heavy atom. The molecule has 3 nitrogen and oxygen atoms in total. The predicted molar refractivity (Wildman–Crippen MR) is 89.7 cm³/mol. The number of methoxy groups -OCH3 is 1. The van der Waals surface area contributed by atoms with Gasteiger partial charge in [-0.3, -0.25) is 0 Å². The van der Waals surface area contributed by atoms with Gasteiger partial charge in [-0.05, 0) is 55.9 Å². The van der Waals surface area contributed by atoms with Crippen molar-refractivity contribution in [3.8, 4) is 0 Å². The third kappa shape index (κ3) is 7.12. The Labute approximate surface area is 132 Å². The predicted octanol–water partition coefficient (Wildman–Crippen LogP) is 3.87. The average molecular weight is 299 g/mol. The van der Waals surface area contributed by atoms with Crippen molar-refractivity contribution in [2.45, 2.75) is 65.8 Å². The highest BCUT2D eigenvalue weighted by atomic mass is 16.5. The first-order valence-corrected chi connectivity index (χ1v) is 8.79. The summed E-state index contributed by atoms with van der Waals surface area (Å²) >= 11 is 0. The number of hydrogen-bond acceptors (Lipinski definition) is 3. The summed E-state index contributed by atoms with van der Waals surface area (Å²) in [6, 6.07) is 0.691. The Bertz CT molecular complexity index is 262. The van der Waals surface area contributed by atoms with E-state index in [0.29, 0.717) is 11.5 Å². The molecule has 1 aliphatic carbocycles. The lowest BCUT2D eigenvalue weighted by atomic mass is 9.67. The van der Waals surface area contributed by atoms with E-state index in [1.807, 2.05) is 0 Å². The van der Waals surface area contributed by atoms with E-state index in [2.05, 4.69) is 33.0 Å². The van der Waals surface area contributed by atoms with Crippen LogP contribution < -0.4 is 5.32 Å². The van der Waals surface area contributed by atoms with Crippen molar-refractivity contribution < 1.29 is 9.47 Å². The number of rotatable bonds is 9. The molecule has 1 rings (SSSR count). The molecule has 0 heterocycles. The van der Waals surface area contributed by atoms with Crippen LogP contribution in [0.15, 0.2) is 0 Å². The van der Waals surface area contributed by atoms with Gasteiger partial charge in [-0.25, -0.2) is 0 Å². The van der Waals surface area contributed by atoms with E-state index in [1.165, 1.54) is 25.7 Å². The first-order chi connectivity index (χ1) is 9.99. The molecule has 1 aliphatic rings. The van der Waals surface area contributed by atoms with Gasteiger partial charge in [0.2, 0.25) is 0 Å². The van der Waals surface area contributed by atoms with Crippen molar-refractivity contribution in [1.29, 1.82) is 0 Å². The number of nitrogens with one attached hydrogen (secondary N) is 1. The zero-order chi connectivity index (χ0) is 15.7. The van der Waals surface area contributed by atoms with Crippen molar-refractivity contribution in [3.05, 3.63) is 0 Å². The Kier molecular flexibility index (Phi) is 8.84. The van der Waals surface area contributed by atoms with Gasteiger partial charge in [0, 0.05) is 33.0 Å². The van der Waals surface area contributed by atoms with Gasteiger partial charge in [-0.15, -0.1) is 0 Å². The Hall–Kier alpha value is -0.120. The second-order valence-corrected chi connectivity index (χ2v) is 7.55. The van der Waals surface area contributed by atoms with Crippen molar-refractivity contribution in [2.24, 2.45) is 17.3 Å². The summed E-state index contributed by atoms with van der Waals surface area (Å²) in [5.74, 6) is 1.62. The lowest BCUT2D eigenvalue weighted by molar-refractivity contribution is 0.0637. The smallest absolute Gasteiger partial charge is 0.0487 e. The highest BCUT2D eigenvalue weighted by Crippen LogP contribution is 2.41. The molecule has 0 aromatic carbocycles. The van der Waals surface area contributed by atoms with Gasteiger partial charge in [0.15, 0.2) is 0 Å². The zero-order valence-corrected chi connectivity index (χ0v) is 14.9. The van der Waals surface area contributed by atoms with Crippen LogP contribution in [-0.4, -0.2) is 39.5 Å². The maximum Gasteiger partial charge on any atom is 0.0487 e. The molecule has 0 aliphatic heterocycles. The first-order valence-electron chi connectivity index (χ1n) is 8.79. The van der Waals surface area contributed by atoms with Gasteiger partial charge < -0.3 is 14.8 Å². The molecule has 0 bridgehead atoms. The first kappa shape index (κ1) is 18.9. The molecule has 3 atom stereocenters. The molecule has 0 aromatic rings. The van der Waals surface area contributed by atoms with Gasteiger partial charge in [0.1, 0.15) is 0 Å². The maximum atomic E-state index is 5.78. The fourth-order valence-electron chi connectivity index (χ4n) is 3.54. The fourth-order valence-corrected chi connectivity index (χ4v) is 3.54. The van der Waals surface area contributed by atoms with Crippen LogP contribution >= 0.6 is 0 Å². The molecule has 1 N–H and O–H groups in total. The summed E-state index contributed by atoms with van der Waals surface area (Å²) in [7, 11) is 1.75. The summed E-state index contributed by atoms with van der Waals surface area (Å²) in [4.78, 5) is 0. The minimum Gasteiger partial charge on any atom is -0.385 e. The lowest BCUT2D eigenvalue weighted by Crippen LogP contribution is -2.43. The van der Waals surface area contributed by atoms with Crippen LogP contribution in [0.3, 0.4) is 0 Å². The Morgan fingerprint density at radius 1 is 1.10 bits per heavy atom. The molecular formula is C18H37NO2. The number of ether oxygens (including phenoxy) is 2. The molecule has 0 saturated heterocycles. The van der Waals surface area contributed by atoms with Crippen LogP contribution in [0.4, 0.5) is 0 Å². The van der Waals surface area contributed by atoms with Crippen LogP contribution in [0.2, 0.25) is 0 Å². The van der Waals surface area contributed by atoms with Gasteiger partial charge in [0.05, 0.1) is 0 Å². The molecule has 3 unspecified atom stereocenters. The summed E-state index contributed by atoms with van der Waals surface area (Å²) in [6.07, 6.45) is 6.23. The van der Waals surface area contributed by atoms with Crippen LogP contribution in [0, 0.1) is 17.3 Å². The van der Waals surface area contributed by atoms with Crippen molar-refractivity contribution in [2.75, 3.05) is 33.5 Å². The third-order valence-electron chi connectivity index (χ3n) is 4.94. The van der Waals surface area contributed by atoms with Crippen LogP contribution in [-0.2, 0) is 9.47 Å². The molecule has 0 radical (unpaired) electrons. The SMILES string of the molecule is CCNC1CCC(C(C)(C)C)CC1CCOCCCOC. The van der Waals surface area contributed by atoms with Crippen LogP contribution in [0.1, 0.15) is 59.8 Å². The van der Waals surface area contributed by atoms with Crippen molar-refractivity contribution >= 4 is 0 Å². The average Bonchev–Trinajstić information content (AvgIpc) is 2.43. The van der Waals surface area contributed by atoms with Crippen LogP contribution in [0.5, 0.6) is 0 Å². The second kappa shape index (κ2) is 9.81. The van der Waals surface area contributed by atoms with Gasteiger partial charge in [-0.1, -0.05) is 27.7 Å². The standard InChI is InChI=1S/C18H37NO2/c1-6-19-17-9-8-16(18(2,3)4)14-15(17)10-13-21-12-7-11-20-5/h15-17,19H,6-14H2,1-5H3. The molecule has 0 aromatic heterocycles. The fraction of sp³-hybridized carbons (Fsp3) is 1.00. The number of hydrogen-bond donors (Lipinski definition) is 1. The zero-order valence-electron chi connectivity index (χ0n) is 14.9. The van der Waals surface area contributed by atoms with Crippen molar-refractivity contribution in [3.63, 3.8) is 0 Å². The van der Waals surface area contributed by atoms with E-state index in [9.17, 15) is 0 Å². The van der Waals surface area contributed by atoms with Crippen molar-refractivity contribution in [1.82, 2.24) is 5.32 Å². The molecule has 0 amide bonds. The summed E-state index contributed by atoms with van der Waals surface area (Å²) in [6.45, 7) is 13.0. The van der Waals surface area contributed by atoms with E-state index >= 15 is 0 Å². The monoisotopic (exact) mass is 299 g/mol. The second-order valence-electron chi connectivity index (χ2n) is 7.55. The Balaban J connectivity index is 2.37. The molecular weight excluding hydrogens is 262 g/mol. The lowest BCUT2D eigenvalue weighted by Gasteiger charge is -2.42. The van der Waals surface area contributed by atoms with E-state index in [-0.39, 0.29) is 0 Å². The van der Waals surface area contributed by atoms with E-state index in [1.54, 1.807) is 7.11 Å². The highest BCUT2D eigenvalue weighted by Gasteiger charge is 2.35. The third-order valence-corrected chi connectivity index (χ3v) is 4.94. The molecule has 1 fully saturated rings. The summed E-state index contributed by atoms with van der Waals surface area (Å²) < 4.78 is 10.8. The van der Waals surface area contributed by atoms with E-state index < -0.39 is 0 Å². The summed E-state index contributed by atoms with van der Waals surface area (Å²) in [5, 5.41) is 3.69. The molecule has 1 saturated carbocycles. The Morgan fingerprint density at radius 2 is 1.86 bits per heavy atom. The van der Waals surface area contributed by atoms with Gasteiger partial charge >= 0.3 is 0 Å². The molecule has 21 heavy (non-hydrogen) atoms. The van der Waals surface area contributed by atoms with Crippen LogP contribution in [0.25, 0.3) is 0 Å². The molecule has 0 spiro atoms. The normalized spacial score (nSPS) is 27.0. The minimum atomic E-state index is 0.439. The minimum absolute atomic E-state index is 0.439. The topological polar surface area (TPSA) is 30.5 Å². The molecule has 126 valence electrons. The quantitative estimate of drug-likeness (QED) is 0.656. The molecule has 3 heteroatoms. The maximum absolute atomic E-state index is 5.78. The van der Waals surface area contributed by atoms with E-state index in [0.717, 1.165) is 44.6 Å². The van der Waals surface area contributed by atoms with Gasteiger partial charge in [-0.2, -0.15) is 0 Å². The van der Waals surface area contributed by atoms with Gasteiger partial charge in [0.25, 0.3) is 0 Å².